The number of aryl methyl sites for hydroxylation is 3. The summed E-state index contributed by atoms with van der Waals surface area (Å²) in [5, 5.41) is 1.33. The lowest BCUT2D eigenvalue weighted by atomic mass is 9.94. The highest BCUT2D eigenvalue weighted by Crippen LogP contribution is 2.26. The van der Waals surface area contributed by atoms with Crippen LogP contribution in [0, 0.1) is 27.7 Å². The van der Waals surface area contributed by atoms with E-state index in [-0.39, 0.29) is 0 Å². The number of nitrogens with zero attached hydrogens (tertiary/aromatic N) is 1. The van der Waals surface area contributed by atoms with Crippen LogP contribution in [0.1, 0.15) is 46.1 Å². The normalized spacial score (nSPS) is 11.3. The molecule has 0 aliphatic heterocycles. The maximum absolute atomic E-state index is 4.82. The third-order valence-corrected chi connectivity index (χ3v) is 4.81. The highest BCUT2D eigenvalue weighted by atomic mass is 14.7. The average molecular weight is 292 g/mol. The van der Waals surface area contributed by atoms with Crippen molar-refractivity contribution in [1.29, 1.82) is 0 Å². The number of fused-ring (bicyclic) bond motifs is 1. The molecule has 0 aliphatic rings. The van der Waals surface area contributed by atoms with E-state index in [2.05, 4.69) is 64.0 Å². The van der Waals surface area contributed by atoms with Gasteiger partial charge in [0.05, 0.1) is 0 Å². The topological polar surface area (TPSA) is 28.7 Å². The van der Waals surface area contributed by atoms with E-state index in [1.807, 2.05) is 0 Å². The Kier molecular flexibility index (Phi) is 3.78. The number of aromatic amines is 1. The predicted octanol–water partition coefficient (Wildman–Crippen LogP) is 4.95. The number of aromatic nitrogens is 2. The third kappa shape index (κ3) is 2.43. The molecule has 2 nitrogen and oxygen atoms in total. The molecule has 0 aliphatic carbocycles. The van der Waals surface area contributed by atoms with E-state index in [9.17, 15) is 0 Å². The quantitative estimate of drug-likeness (QED) is 0.727. The highest BCUT2D eigenvalue weighted by molar-refractivity contribution is 5.84. The van der Waals surface area contributed by atoms with Crippen molar-refractivity contribution < 1.29 is 0 Å². The minimum atomic E-state index is 0.943. The number of nitrogens with one attached hydrogen (secondary N) is 1. The van der Waals surface area contributed by atoms with Crippen molar-refractivity contribution in [3.63, 3.8) is 0 Å². The number of rotatable bonds is 3. The summed E-state index contributed by atoms with van der Waals surface area (Å²) in [6.45, 7) is 10.9. The molecule has 0 amide bonds. The molecule has 114 valence electrons. The van der Waals surface area contributed by atoms with E-state index < -0.39 is 0 Å². The van der Waals surface area contributed by atoms with Crippen molar-refractivity contribution in [2.24, 2.45) is 0 Å². The van der Waals surface area contributed by atoms with Crippen molar-refractivity contribution in [2.45, 2.75) is 47.5 Å². The van der Waals surface area contributed by atoms with Gasteiger partial charge >= 0.3 is 0 Å². The summed E-state index contributed by atoms with van der Waals surface area (Å²) in [5.74, 6) is 0. The average Bonchev–Trinajstić information content (AvgIpc) is 2.89. The van der Waals surface area contributed by atoms with Crippen LogP contribution in [0.4, 0.5) is 0 Å². The summed E-state index contributed by atoms with van der Waals surface area (Å²) in [6.07, 6.45) is 4.09. The van der Waals surface area contributed by atoms with Gasteiger partial charge in [0.15, 0.2) is 0 Å². The Hall–Kier alpha value is -2.09. The predicted molar refractivity (Wildman–Crippen MR) is 93.7 cm³/mol. The SMILES string of the molecule is CCc1nc(C)c(Cc2c[nH]c3ccc(C)cc23)c(C)c1C. The molecule has 0 saturated carbocycles. The van der Waals surface area contributed by atoms with E-state index >= 15 is 0 Å². The van der Waals surface area contributed by atoms with Crippen molar-refractivity contribution >= 4 is 10.9 Å². The summed E-state index contributed by atoms with van der Waals surface area (Å²) < 4.78 is 0. The van der Waals surface area contributed by atoms with Gasteiger partial charge in [-0.2, -0.15) is 0 Å². The lowest BCUT2D eigenvalue weighted by Crippen LogP contribution is -2.05. The van der Waals surface area contributed by atoms with E-state index in [4.69, 9.17) is 4.98 Å². The Morgan fingerprint density at radius 3 is 2.55 bits per heavy atom. The van der Waals surface area contributed by atoms with Gasteiger partial charge in [-0.05, 0) is 68.5 Å². The number of hydrogen-bond donors (Lipinski definition) is 1. The first-order valence-electron chi connectivity index (χ1n) is 8.03. The Morgan fingerprint density at radius 1 is 1.05 bits per heavy atom. The van der Waals surface area contributed by atoms with Gasteiger partial charge in [0.2, 0.25) is 0 Å². The molecule has 0 saturated heterocycles. The van der Waals surface area contributed by atoms with E-state index in [0.717, 1.165) is 12.8 Å². The standard InChI is InChI=1S/C20H24N2/c1-6-19-14(4)13(3)17(15(5)22-19)10-16-11-21-20-8-7-12(2)9-18(16)20/h7-9,11,21H,6,10H2,1-5H3. The van der Waals surface area contributed by atoms with E-state index in [1.54, 1.807) is 0 Å². The molecule has 3 rings (SSSR count). The molecular formula is C20H24N2. The number of H-pyrrole nitrogens is 1. The minimum Gasteiger partial charge on any atom is -0.361 e. The number of pyridine rings is 1. The molecular weight excluding hydrogens is 268 g/mol. The molecule has 1 aromatic carbocycles. The van der Waals surface area contributed by atoms with Crippen LogP contribution in [0.5, 0.6) is 0 Å². The third-order valence-electron chi connectivity index (χ3n) is 4.81. The van der Waals surface area contributed by atoms with Gasteiger partial charge in [-0.1, -0.05) is 18.6 Å². The van der Waals surface area contributed by atoms with Crippen molar-refractivity contribution in [2.75, 3.05) is 0 Å². The van der Waals surface area contributed by atoms with Crippen LogP contribution in [0.15, 0.2) is 24.4 Å². The van der Waals surface area contributed by atoms with Crippen molar-refractivity contribution in [3.05, 3.63) is 63.6 Å². The van der Waals surface area contributed by atoms with Gasteiger partial charge in [-0.15, -0.1) is 0 Å². The van der Waals surface area contributed by atoms with Gasteiger partial charge in [0, 0.05) is 34.9 Å². The molecule has 2 heteroatoms. The lowest BCUT2D eigenvalue weighted by molar-refractivity contribution is 0.937. The zero-order valence-corrected chi connectivity index (χ0v) is 14.2. The van der Waals surface area contributed by atoms with Gasteiger partial charge in [0.1, 0.15) is 0 Å². The highest BCUT2D eigenvalue weighted by Gasteiger charge is 2.13. The molecule has 0 spiro atoms. The molecule has 0 fully saturated rings. The molecule has 0 bridgehead atoms. The molecule has 0 atom stereocenters. The molecule has 2 heterocycles. The van der Waals surface area contributed by atoms with Crippen LogP contribution in [-0.2, 0) is 12.8 Å². The first-order valence-corrected chi connectivity index (χ1v) is 8.03. The Labute approximate surface area is 132 Å². The summed E-state index contributed by atoms with van der Waals surface area (Å²) in [4.78, 5) is 8.21. The zero-order chi connectivity index (χ0) is 15.9. The van der Waals surface area contributed by atoms with Crippen LogP contribution in [0.25, 0.3) is 10.9 Å². The van der Waals surface area contributed by atoms with Crippen LogP contribution in [-0.4, -0.2) is 9.97 Å². The second kappa shape index (κ2) is 5.60. The lowest BCUT2D eigenvalue weighted by Gasteiger charge is -2.15. The summed E-state index contributed by atoms with van der Waals surface area (Å²) >= 11 is 0. The second-order valence-corrected chi connectivity index (χ2v) is 6.27. The smallest absolute Gasteiger partial charge is 0.0457 e. The molecule has 22 heavy (non-hydrogen) atoms. The molecule has 1 N–H and O–H groups in total. The second-order valence-electron chi connectivity index (χ2n) is 6.27. The van der Waals surface area contributed by atoms with E-state index in [1.165, 1.54) is 50.1 Å². The van der Waals surface area contributed by atoms with Gasteiger partial charge in [-0.25, -0.2) is 0 Å². The van der Waals surface area contributed by atoms with Gasteiger partial charge in [-0.3, -0.25) is 4.98 Å². The van der Waals surface area contributed by atoms with Crippen LogP contribution in [0.2, 0.25) is 0 Å². The van der Waals surface area contributed by atoms with Gasteiger partial charge < -0.3 is 4.98 Å². The minimum absolute atomic E-state index is 0.943. The first-order chi connectivity index (χ1) is 10.5. The molecule has 3 aromatic rings. The Bertz CT molecular complexity index is 841. The fourth-order valence-electron chi connectivity index (χ4n) is 3.30. The van der Waals surface area contributed by atoms with E-state index in [0.29, 0.717) is 0 Å². The number of hydrogen-bond acceptors (Lipinski definition) is 1. The first kappa shape index (κ1) is 14.8. The summed E-state index contributed by atoms with van der Waals surface area (Å²) in [5.41, 5.74) is 10.4. The molecule has 2 aromatic heterocycles. The fraction of sp³-hybridized carbons (Fsp3) is 0.350. The van der Waals surface area contributed by atoms with Gasteiger partial charge in [0.25, 0.3) is 0 Å². The summed E-state index contributed by atoms with van der Waals surface area (Å²) in [6, 6.07) is 6.59. The summed E-state index contributed by atoms with van der Waals surface area (Å²) in [7, 11) is 0. The largest absolute Gasteiger partial charge is 0.361 e. The fourth-order valence-corrected chi connectivity index (χ4v) is 3.30. The Morgan fingerprint density at radius 2 is 1.82 bits per heavy atom. The van der Waals surface area contributed by atoms with Crippen molar-refractivity contribution in [1.82, 2.24) is 9.97 Å². The van der Waals surface area contributed by atoms with Crippen LogP contribution in [0.3, 0.4) is 0 Å². The number of benzene rings is 1. The zero-order valence-electron chi connectivity index (χ0n) is 14.2. The molecule has 0 radical (unpaired) electrons. The maximum atomic E-state index is 4.82. The monoisotopic (exact) mass is 292 g/mol. The van der Waals surface area contributed by atoms with Crippen molar-refractivity contribution in [3.8, 4) is 0 Å². The van der Waals surface area contributed by atoms with Crippen LogP contribution < -0.4 is 0 Å². The molecule has 0 unspecified atom stereocenters. The Balaban J connectivity index is 2.09. The van der Waals surface area contributed by atoms with Crippen LogP contribution >= 0.6 is 0 Å². The maximum Gasteiger partial charge on any atom is 0.0457 e.